The molecule has 0 radical (unpaired) electrons. The number of aryl methyl sites for hydroxylation is 1. The second-order valence-electron chi connectivity index (χ2n) is 4.19. The van der Waals surface area contributed by atoms with Crippen LogP contribution >= 0.6 is 22.9 Å². The topological polar surface area (TPSA) is 81.1 Å². The van der Waals surface area contributed by atoms with Crippen molar-refractivity contribution >= 4 is 27.8 Å². The minimum Gasteiger partial charge on any atom is -0.297 e. The van der Waals surface area contributed by atoms with E-state index < -0.39 is 0 Å². The second-order valence-corrected chi connectivity index (χ2v) is 5.84. The number of aromatic nitrogens is 4. The number of hydrazine groups is 1. The molecule has 0 saturated heterocycles. The number of nitrogens with two attached hydrogens (primary N) is 1. The van der Waals surface area contributed by atoms with Gasteiger partial charge in [0.15, 0.2) is 4.96 Å². The van der Waals surface area contributed by atoms with Gasteiger partial charge in [-0.15, -0.1) is 16.4 Å². The van der Waals surface area contributed by atoms with Crippen LogP contribution in [0.4, 0.5) is 0 Å². The highest BCUT2D eigenvalue weighted by Gasteiger charge is 2.19. The van der Waals surface area contributed by atoms with Gasteiger partial charge in [-0.25, -0.2) is 4.98 Å². The fourth-order valence-electron chi connectivity index (χ4n) is 2.04. The zero-order chi connectivity index (χ0) is 13.2. The Morgan fingerprint density at radius 3 is 3.16 bits per heavy atom. The highest BCUT2D eigenvalue weighted by molar-refractivity contribution is 7.15. The molecule has 8 heteroatoms. The van der Waals surface area contributed by atoms with Gasteiger partial charge in [-0.05, 0) is 18.0 Å². The number of rotatable bonds is 5. The van der Waals surface area contributed by atoms with Crippen molar-refractivity contribution in [3.63, 3.8) is 0 Å². The van der Waals surface area contributed by atoms with Crippen molar-refractivity contribution in [3.8, 4) is 0 Å². The Balaban J connectivity index is 1.85. The largest absolute Gasteiger partial charge is 0.297 e. The maximum Gasteiger partial charge on any atom is 0.193 e. The van der Waals surface area contributed by atoms with Crippen molar-refractivity contribution in [2.45, 2.75) is 25.8 Å². The van der Waals surface area contributed by atoms with E-state index in [2.05, 4.69) is 26.9 Å². The van der Waals surface area contributed by atoms with Crippen LogP contribution in [0.25, 0.3) is 4.96 Å². The van der Waals surface area contributed by atoms with Gasteiger partial charge in [0.25, 0.3) is 0 Å². The van der Waals surface area contributed by atoms with Crippen LogP contribution in [-0.4, -0.2) is 19.0 Å². The van der Waals surface area contributed by atoms with Crippen molar-refractivity contribution in [2.24, 2.45) is 5.84 Å². The van der Waals surface area contributed by atoms with Gasteiger partial charge >= 0.3 is 0 Å². The molecule has 0 aliphatic heterocycles. The summed E-state index contributed by atoms with van der Waals surface area (Å²) in [7, 11) is 0. The van der Waals surface area contributed by atoms with E-state index >= 15 is 0 Å². The Kier molecular flexibility index (Phi) is 3.56. The first-order chi connectivity index (χ1) is 9.31. The van der Waals surface area contributed by atoms with Gasteiger partial charge in [0.1, 0.15) is 0 Å². The van der Waals surface area contributed by atoms with Crippen LogP contribution in [0.2, 0.25) is 0 Å². The molecule has 0 fully saturated rings. The van der Waals surface area contributed by atoms with Crippen molar-refractivity contribution in [1.82, 2.24) is 24.4 Å². The van der Waals surface area contributed by atoms with Crippen LogP contribution in [0.5, 0.6) is 0 Å². The summed E-state index contributed by atoms with van der Waals surface area (Å²) < 4.78 is 6.04. The predicted octanol–water partition coefficient (Wildman–Crippen LogP) is 1.56. The molecule has 3 aromatic rings. The first-order valence-corrected chi connectivity index (χ1v) is 7.65. The standard InChI is InChI=1S/C11H14N6S2/c1-2-8-10(19-16-15-8)9(14-12)5-7-6-17-3-4-18-11(17)13-7/h3-4,6,9,14H,2,5,12H2,1H3. The molecule has 0 spiro atoms. The van der Waals surface area contributed by atoms with Crippen LogP contribution in [0.3, 0.4) is 0 Å². The van der Waals surface area contributed by atoms with E-state index in [1.54, 1.807) is 11.3 Å². The lowest BCUT2D eigenvalue weighted by molar-refractivity contribution is 0.550. The third-order valence-electron chi connectivity index (χ3n) is 2.99. The lowest BCUT2D eigenvalue weighted by atomic mass is 10.1. The fraction of sp³-hybridized carbons (Fsp3) is 0.364. The molecular formula is C11H14N6S2. The van der Waals surface area contributed by atoms with Gasteiger partial charge in [0.05, 0.1) is 22.3 Å². The average Bonchev–Trinajstić information content (AvgIpc) is 3.10. The summed E-state index contributed by atoms with van der Waals surface area (Å²) in [5.41, 5.74) is 4.88. The van der Waals surface area contributed by atoms with Crippen molar-refractivity contribution in [2.75, 3.05) is 0 Å². The molecule has 100 valence electrons. The molecule has 0 amide bonds. The Morgan fingerprint density at radius 1 is 1.53 bits per heavy atom. The highest BCUT2D eigenvalue weighted by atomic mass is 32.1. The molecule has 3 heterocycles. The summed E-state index contributed by atoms with van der Waals surface area (Å²) in [5, 5.41) is 6.15. The number of nitrogens with one attached hydrogen (secondary N) is 1. The van der Waals surface area contributed by atoms with Gasteiger partial charge in [-0.2, -0.15) is 0 Å². The summed E-state index contributed by atoms with van der Waals surface area (Å²) in [6.07, 6.45) is 5.65. The van der Waals surface area contributed by atoms with Gasteiger partial charge < -0.3 is 0 Å². The van der Waals surface area contributed by atoms with Crippen LogP contribution in [-0.2, 0) is 12.8 Å². The smallest absolute Gasteiger partial charge is 0.193 e. The monoisotopic (exact) mass is 294 g/mol. The van der Waals surface area contributed by atoms with Crippen molar-refractivity contribution < 1.29 is 0 Å². The molecule has 6 nitrogen and oxygen atoms in total. The summed E-state index contributed by atoms with van der Waals surface area (Å²) in [4.78, 5) is 6.68. The molecule has 0 aliphatic rings. The normalized spacial score (nSPS) is 13.2. The van der Waals surface area contributed by atoms with Crippen molar-refractivity contribution in [1.29, 1.82) is 0 Å². The fourth-order valence-corrected chi connectivity index (χ4v) is 3.55. The first kappa shape index (κ1) is 12.7. The predicted molar refractivity (Wildman–Crippen MR) is 76.1 cm³/mol. The van der Waals surface area contributed by atoms with Crippen molar-refractivity contribution in [3.05, 3.63) is 34.0 Å². The first-order valence-electron chi connectivity index (χ1n) is 6.00. The van der Waals surface area contributed by atoms with Gasteiger partial charge in [0, 0.05) is 24.2 Å². The van der Waals surface area contributed by atoms with Gasteiger partial charge in [-0.1, -0.05) is 11.4 Å². The Labute approximate surface area is 118 Å². The zero-order valence-corrected chi connectivity index (χ0v) is 12.0. The number of fused-ring (bicyclic) bond motifs is 1. The van der Waals surface area contributed by atoms with E-state index in [9.17, 15) is 0 Å². The third-order valence-corrected chi connectivity index (χ3v) is 4.64. The third kappa shape index (κ3) is 2.39. The highest BCUT2D eigenvalue weighted by Crippen LogP contribution is 2.24. The van der Waals surface area contributed by atoms with E-state index in [1.165, 1.54) is 11.5 Å². The number of nitrogens with zero attached hydrogens (tertiary/aromatic N) is 4. The Hall–Kier alpha value is -1.35. The van der Waals surface area contributed by atoms with E-state index in [0.717, 1.165) is 34.1 Å². The van der Waals surface area contributed by atoms with Gasteiger partial charge in [-0.3, -0.25) is 15.7 Å². The molecule has 0 bridgehead atoms. The zero-order valence-electron chi connectivity index (χ0n) is 10.4. The second kappa shape index (κ2) is 5.33. The van der Waals surface area contributed by atoms with Crippen LogP contribution in [0, 0.1) is 0 Å². The summed E-state index contributed by atoms with van der Waals surface area (Å²) in [6.45, 7) is 2.07. The number of hydrogen-bond donors (Lipinski definition) is 2. The number of hydrogen-bond acceptors (Lipinski definition) is 7. The average molecular weight is 294 g/mol. The molecular weight excluding hydrogens is 280 g/mol. The summed E-state index contributed by atoms with van der Waals surface area (Å²) in [5.74, 6) is 5.67. The molecule has 19 heavy (non-hydrogen) atoms. The van der Waals surface area contributed by atoms with Crippen LogP contribution in [0.15, 0.2) is 17.8 Å². The Bertz CT molecular complexity index is 641. The maximum absolute atomic E-state index is 5.67. The molecule has 0 aromatic carbocycles. The molecule has 3 N–H and O–H groups in total. The Morgan fingerprint density at radius 2 is 2.42 bits per heavy atom. The van der Waals surface area contributed by atoms with E-state index in [4.69, 9.17) is 5.84 Å². The maximum atomic E-state index is 5.67. The molecule has 0 aliphatic carbocycles. The minimum atomic E-state index is 0.0135. The molecule has 1 atom stereocenters. The molecule has 3 rings (SSSR count). The SMILES string of the molecule is CCc1nnsc1C(Cc1cn2ccsc2n1)NN. The molecule has 0 saturated carbocycles. The lowest BCUT2D eigenvalue weighted by Crippen LogP contribution is -2.29. The van der Waals surface area contributed by atoms with E-state index in [0.29, 0.717) is 0 Å². The number of thiazole rings is 1. The van der Waals surface area contributed by atoms with E-state index in [1.807, 2.05) is 22.2 Å². The molecule has 1 unspecified atom stereocenters. The summed E-state index contributed by atoms with van der Waals surface area (Å²) in [6, 6.07) is 0.0135. The minimum absolute atomic E-state index is 0.0135. The summed E-state index contributed by atoms with van der Waals surface area (Å²) >= 11 is 3.03. The van der Waals surface area contributed by atoms with Crippen LogP contribution < -0.4 is 11.3 Å². The lowest BCUT2D eigenvalue weighted by Gasteiger charge is -2.12. The quantitative estimate of drug-likeness (QED) is 0.551. The molecule has 3 aromatic heterocycles. The van der Waals surface area contributed by atoms with Crippen LogP contribution in [0.1, 0.15) is 29.2 Å². The number of imidazole rings is 1. The van der Waals surface area contributed by atoms with E-state index in [-0.39, 0.29) is 6.04 Å². The van der Waals surface area contributed by atoms with Gasteiger partial charge in [0.2, 0.25) is 0 Å².